The Hall–Kier alpha value is -2.11. The van der Waals surface area contributed by atoms with Gasteiger partial charge in [0, 0.05) is 33.2 Å². The van der Waals surface area contributed by atoms with E-state index in [2.05, 4.69) is 5.32 Å². The molecule has 0 saturated heterocycles. The first kappa shape index (κ1) is 41.9. The lowest BCUT2D eigenvalue weighted by molar-refractivity contribution is -0.138. The summed E-state index contributed by atoms with van der Waals surface area (Å²) < 4.78 is 48.8. The van der Waals surface area contributed by atoms with Crippen molar-refractivity contribution in [3.63, 3.8) is 0 Å². The molecule has 2 N–H and O–H groups in total. The topological polar surface area (TPSA) is 170 Å². The first-order valence-electron chi connectivity index (χ1n) is 15.2. The van der Waals surface area contributed by atoms with Gasteiger partial charge in [-0.25, -0.2) is 4.79 Å². The zero-order valence-corrected chi connectivity index (χ0v) is 27.1. The summed E-state index contributed by atoms with van der Waals surface area (Å²) in [5.41, 5.74) is -0.516. The number of carbonyl (C=O) groups is 3. The number of hydrogen-bond acceptors (Lipinski definition) is 12. The first-order valence-corrected chi connectivity index (χ1v) is 15.2. The van der Waals surface area contributed by atoms with Crippen molar-refractivity contribution in [1.82, 2.24) is 10.2 Å². The van der Waals surface area contributed by atoms with Crippen LogP contribution in [0.25, 0.3) is 0 Å². The Morgan fingerprint density at radius 3 is 1.32 bits per heavy atom. The minimum absolute atomic E-state index is 0.0124. The molecule has 0 aliphatic heterocycles. The number of likely N-dealkylation sites (N-methyl/N-ethyl adjacent to an activating group) is 1. The van der Waals surface area contributed by atoms with Crippen LogP contribution in [0, 0.1) is 0 Å². The average Bonchev–Trinajstić information content (AvgIpc) is 2.96. The third-order valence-electron chi connectivity index (χ3n) is 5.23. The van der Waals surface area contributed by atoms with Crippen molar-refractivity contribution in [2.75, 3.05) is 126 Å². The zero-order valence-electron chi connectivity index (χ0n) is 27.1. The van der Waals surface area contributed by atoms with Crippen molar-refractivity contribution in [2.45, 2.75) is 45.6 Å². The Balaban J connectivity index is 3.19. The van der Waals surface area contributed by atoms with Gasteiger partial charge in [0.15, 0.2) is 0 Å². The summed E-state index contributed by atoms with van der Waals surface area (Å²) in [5, 5.41) is 11.2. The molecular weight excluding hydrogens is 584 g/mol. The van der Waals surface area contributed by atoms with E-state index >= 15 is 0 Å². The molecule has 260 valence electrons. The number of ether oxygens (including phenoxy) is 9. The van der Waals surface area contributed by atoms with Crippen molar-refractivity contribution in [3.8, 4) is 0 Å². The SMILES string of the molecule is CN(CCOCCOCCOCCOCCOCCOCCOCCOCCCNC(=O)CCC(=O)O)C(=O)OC(C)(C)C. The normalized spacial score (nSPS) is 11.5. The second-order valence-corrected chi connectivity index (χ2v) is 10.4. The van der Waals surface area contributed by atoms with E-state index in [4.69, 9.17) is 47.7 Å². The number of amides is 2. The first-order chi connectivity index (χ1) is 21.1. The molecule has 0 aromatic heterocycles. The van der Waals surface area contributed by atoms with Gasteiger partial charge in [0.2, 0.25) is 5.91 Å². The van der Waals surface area contributed by atoms with Crippen molar-refractivity contribution in [2.24, 2.45) is 0 Å². The molecule has 0 fully saturated rings. The molecule has 15 nitrogen and oxygen atoms in total. The Labute approximate surface area is 262 Å². The molecule has 15 heteroatoms. The molecule has 44 heavy (non-hydrogen) atoms. The van der Waals surface area contributed by atoms with E-state index in [0.29, 0.717) is 125 Å². The molecular formula is C29H56N2O13. The van der Waals surface area contributed by atoms with Crippen LogP contribution in [-0.2, 0) is 52.2 Å². The van der Waals surface area contributed by atoms with Crippen LogP contribution >= 0.6 is 0 Å². The van der Waals surface area contributed by atoms with Gasteiger partial charge < -0.3 is 58.0 Å². The van der Waals surface area contributed by atoms with Gasteiger partial charge in [-0.2, -0.15) is 0 Å². The quantitative estimate of drug-likeness (QED) is 0.104. The van der Waals surface area contributed by atoms with Crippen molar-refractivity contribution < 1.29 is 62.1 Å². The number of carboxylic acids is 1. The number of hydrogen-bond donors (Lipinski definition) is 2. The molecule has 0 heterocycles. The zero-order chi connectivity index (χ0) is 32.7. The standard InChI is InChI=1S/C29H56N2O13/c1-29(2,3)44-28(35)31(4)9-11-37-13-15-39-17-19-41-21-23-43-25-24-42-22-20-40-18-16-38-14-12-36-10-5-8-30-26(32)6-7-27(33)34/h5-25H2,1-4H3,(H,30,32)(H,33,34). The van der Waals surface area contributed by atoms with E-state index < -0.39 is 11.6 Å². The van der Waals surface area contributed by atoms with Gasteiger partial charge >= 0.3 is 12.1 Å². The predicted octanol–water partition coefficient (Wildman–Crippen LogP) is 1.36. The molecule has 0 unspecified atom stereocenters. The molecule has 0 spiro atoms. The third kappa shape index (κ3) is 32.8. The lowest BCUT2D eigenvalue weighted by atomic mass is 10.2. The van der Waals surface area contributed by atoms with Gasteiger partial charge in [-0.1, -0.05) is 0 Å². The molecule has 0 aliphatic carbocycles. The van der Waals surface area contributed by atoms with E-state index in [1.54, 1.807) is 7.05 Å². The molecule has 0 aliphatic rings. The van der Waals surface area contributed by atoms with Crippen LogP contribution in [0.3, 0.4) is 0 Å². The highest BCUT2D eigenvalue weighted by molar-refractivity contribution is 5.80. The number of aliphatic carboxylic acids is 1. The summed E-state index contributed by atoms with van der Waals surface area (Å²) in [6, 6.07) is 0. The fraction of sp³-hybridized carbons (Fsp3) is 0.897. The smallest absolute Gasteiger partial charge is 0.410 e. The number of carboxylic acid groups (broad SMARTS) is 1. The summed E-state index contributed by atoms with van der Waals surface area (Å²) >= 11 is 0. The second kappa shape index (κ2) is 29.6. The molecule has 0 atom stereocenters. The predicted molar refractivity (Wildman–Crippen MR) is 160 cm³/mol. The molecule has 0 aromatic carbocycles. The Kier molecular flexibility index (Phi) is 28.2. The fourth-order valence-electron chi connectivity index (χ4n) is 2.98. The number of carbonyl (C=O) groups excluding carboxylic acids is 2. The Morgan fingerprint density at radius 2 is 0.955 bits per heavy atom. The second-order valence-electron chi connectivity index (χ2n) is 10.4. The Morgan fingerprint density at radius 1 is 0.591 bits per heavy atom. The average molecular weight is 641 g/mol. The monoisotopic (exact) mass is 640 g/mol. The van der Waals surface area contributed by atoms with E-state index in [9.17, 15) is 14.4 Å². The molecule has 2 amide bonds. The van der Waals surface area contributed by atoms with Gasteiger partial charge in [-0.05, 0) is 27.2 Å². The summed E-state index contributed by atoms with van der Waals surface area (Å²) in [7, 11) is 1.67. The van der Waals surface area contributed by atoms with E-state index in [0.717, 1.165) is 0 Å². The van der Waals surface area contributed by atoms with Gasteiger partial charge in [-0.15, -0.1) is 0 Å². The number of nitrogens with one attached hydrogen (secondary N) is 1. The van der Waals surface area contributed by atoms with Crippen molar-refractivity contribution >= 4 is 18.0 Å². The van der Waals surface area contributed by atoms with Crippen molar-refractivity contribution in [1.29, 1.82) is 0 Å². The molecule has 0 saturated carbocycles. The van der Waals surface area contributed by atoms with Gasteiger partial charge in [-0.3, -0.25) is 9.59 Å². The minimum atomic E-state index is -0.985. The lowest BCUT2D eigenvalue weighted by Gasteiger charge is -2.24. The van der Waals surface area contributed by atoms with Gasteiger partial charge in [0.25, 0.3) is 0 Å². The van der Waals surface area contributed by atoms with E-state index in [-0.39, 0.29) is 24.8 Å². The largest absolute Gasteiger partial charge is 0.481 e. The van der Waals surface area contributed by atoms with Crippen LogP contribution in [0.15, 0.2) is 0 Å². The highest BCUT2D eigenvalue weighted by Gasteiger charge is 2.19. The number of rotatable bonds is 31. The summed E-state index contributed by atoms with van der Waals surface area (Å²) in [5.74, 6) is -1.25. The van der Waals surface area contributed by atoms with E-state index in [1.807, 2.05) is 20.8 Å². The summed E-state index contributed by atoms with van der Waals surface area (Å²) in [6.07, 6.45) is 0.0984. The van der Waals surface area contributed by atoms with Gasteiger partial charge in [0.1, 0.15) is 5.60 Å². The van der Waals surface area contributed by atoms with Gasteiger partial charge in [0.05, 0.1) is 106 Å². The van der Waals surface area contributed by atoms with Crippen LogP contribution in [0.1, 0.15) is 40.0 Å². The highest BCUT2D eigenvalue weighted by atomic mass is 16.6. The van der Waals surface area contributed by atoms with Crippen LogP contribution in [-0.4, -0.2) is 159 Å². The maximum Gasteiger partial charge on any atom is 0.410 e. The molecule has 0 bridgehead atoms. The van der Waals surface area contributed by atoms with E-state index in [1.165, 1.54) is 4.90 Å². The van der Waals surface area contributed by atoms with Crippen LogP contribution in [0.2, 0.25) is 0 Å². The maximum atomic E-state index is 11.8. The summed E-state index contributed by atoms with van der Waals surface area (Å²) in [4.78, 5) is 35.1. The van der Waals surface area contributed by atoms with Crippen LogP contribution in [0.4, 0.5) is 4.79 Å². The van der Waals surface area contributed by atoms with Crippen LogP contribution in [0.5, 0.6) is 0 Å². The Bertz CT molecular complexity index is 707. The minimum Gasteiger partial charge on any atom is -0.481 e. The number of nitrogens with zero attached hydrogens (tertiary/aromatic N) is 1. The molecule has 0 rings (SSSR count). The summed E-state index contributed by atoms with van der Waals surface area (Å²) in [6.45, 7) is 13.7. The van der Waals surface area contributed by atoms with Crippen molar-refractivity contribution in [3.05, 3.63) is 0 Å². The molecule has 0 radical (unpaired) electrons. The maximum absolute atomic E-state index is 11.8. The fourth-order valence-corrected chi connectivity index (χ4v) is 2.98. The lowest BCUT2D eigenvalue weighted by Crippen LogP contribution is -2.36. The van der Waals surface area contributed by atoms with Crippen LogP contribution < -0.4 is 5.32 Å². The highest BCUT2D eigenvalue weighted by Crippen LogP contribution is 2.08. The third-order valence-corrected chi connectivity index (χ3v) is 5.23. The molecule has 0 aromatic rings.